The van der Waals surface area contributed by atoms with Crippen molar-refractivity contribution in [2.45, 2.75) is 19.1 Å². The highest BCUT2D eigenvalue weighted by Crippen LogP contribution is 2.30. The molecule has 0 aliphatic carbocycles. The van der Waals surface area contributed by atoms with Crippen molar-refractivity contribution in [2.75, 3.05) is 6.54 Å². The van der Waals surface area contributed by atoms with Gasteiger partial charge in [-0.15, -0.1) is 5.10 Å². The Morgan fingerprint density at radius 3 is 2.41 bits per heavy atom. The monoisotopic (exact) mass is 291 g/mol. The molecule has 1 aliphatic heterocycles. The molecule has 22 heavy (non-hydrogen) atoms. The van der Waals surface area contributed by atoms with Crippen molar-refractivity contribution in [1.82, 2.24) is 25.1 Å². The highest BCUT2D eigenvalue weighted by Gasteiger charge is 2.31. The van der Waals surface area contributed by atoms with Crippen molar-refractivity contribution in [1.29, 1.82) is 0 Å². The largest absolute Gasteiger partial charge is 0.284 e. The van der Waals surface area contributed by atoms with Crippen LogP contribution in [0.1, 0.15) is 23.0 Å². The minimum Gasteiger partial charge on any atom is -0.284 e. The van der Waals surface area contributed by atoms with Gasteiger partial charge in [0.15, 0.2) is 5.82 Å². The molecule has 0 N–H and O–H groups in total. The van der Waals surface area contributed by atoms with E-state index in [0.29, 0.717) is 0 Å². The molecule has 0 saturated carbocycles. The van der Waals surface area contributed by atoms with Gasteiger partial charge in [-0.1, -0.05) is 60.7 Å². The molecule has 0 radical (unpaired) electrons. The number of benzene rings is 2. The maximum absolute atomic E-state index is 4.27. The van der Waals surface area contributed by atoms with Crippen molar-refractivity contribution >= 4 is 0 Å². The maximum Gasteiger partial charge on any atom is 0.173 e. The maximum atomic E-state index is 4.27. The van der Waals surface area contributed by atoms with Crippen LogP contribution in [0.5, 0.6) is 0 Å². The van der Waals surface area contributed by atoms with Gasteiger partial charge in [-0.25, -0.2) is 4.68 Å². The molecule has 110 valence electrons. The fraction of sp³-hybridized carbons (Fsp3) is 0.235. The van der Waals surface area contributed by atoms with Crippen LogP contribution >= 0.6 is 0 Å². The molecule has 3 aromatic rings. The standard InChI is InChI=1S/C17H17N5/c1-3-7-14(8-4-1)13-21-11-12-22-17(18-19-20-22)16(21)15-9-5-2-6-10-15/h1-10,16H,11-13H2/t16-/m0/s1. The van der Waals surface area contributed by atoms with Crippen LogP contribution in [0.25, 0.3) is 0 Å². The van der Waals surface area contributed by atoms with E-state index < -0.39 is 0 Å². The third kappa shape index (κ3) is 2.40. The second-order valence-electron chi connectivity index (χ2n) is 5.53. The fourth-order valence-corrected chi connectivity index (χ4v) is 3.07. The first-order valence-corrected chi connectivity index (χ1v) is 7.51. The summed E-state index contributed by atoms with van der Waals surface area (Å²) in [4.78, 5) is 2.44. The zero-order chi connectivity index (χ0) is 14.8. The topological polar surface area (TPSA) is 46.8 Å². The van der Waals surface area contributed by atoms with Crippen molar-refractivity contribution < 1.29 is 0 Å². The lowest BCUT2D eigenvalue weighted by atomic mass is 10.0. The minimum atomic E-state index is 0.102. The molecule has 5 heteroatoms. The predicted molar refractivity (Wildman–Crippen MR) is 83.0 cm³/mol. The van der Waals surface area contributed by atoms with E-state index in [1.807, 2.05) is 10.7 Å². The fourth-order valence-electron chi connectivity index (χ4n) is 3.07. The zero-order valence-corrected chi connectivity index (χ0v) is 12.2. The average molecular weight is 291 g/mol. The number of hydrogen-bond donors (Lipinski definition) is 0. The molecule has 1 atom stereocenters. The summed E-state index contributed by atoms with van der Waals surface area (Å²) in [5.41, 5.74) is 2.54. The van der Waals surface area contributed by atoms with Gasteiger partial charge in [0.2, 0.25) is 0 Å². The van der Waals surface area contributed by atoms with E-state index in [9.17, 15) is 0 Å². The van der Waals surface area contributed by atoms with Crippen LogP contribution in [0.4, 0.5) is 0 Å². The second-order valence-corrected chi connectivity index (χ2v) is 5.53. The van der Waals surface area contributed by atoms with Gasteiger partial charge in [-0.3, -0.25) is 4.90 Å². The Balaban J connectivity index is 1.71. The van der Waals surface area contributed by atoms with E-state index >= 15 is 0 Å². The SMILES string of the molecule is c1ccc(CN2CCn3nnnc3[C@@H]2c2ccccc2)cc1. The van der Waals surface area contributed by atoms with Crippen molar-refractivity contribution in [3.8, 4) is 0 Å². The number of aromatic nitrogens is 4. The van der Waals surface area contributed by atoms with E-state index in [-0.39, 0.29) is 6.04 Å². The third-order valence-electron chi connectivity index (χ3n) is 4.11. The molecule has 1 aliphatic rings. The Morgan fingerprint density at radius 2 is 1.64 bits per heavy atom. The van der Waals surface area contributed by atoms with E-state index in [4.69, 9.17) is 0 Å². The molecule has 0 saturated heterocycles. The Labute approximate surface area is 129 Å². The van der Waals surface area contributed by atoms with E-state index in [1.54, 1.807) is 0 Å². The summed E-state index contributed by atoms with van der Waals surface area (Å²) >= 11 is 0. The van der Waals surface area contributed by atoms with Gasteiger partial charge < -0.3 is 0 Å². The smallest absolute Gasteiger partial charge is 0.173 e. The quantitative estimate of drug-likeness (QED) is 0.743. The van der Waals surface area contributed by atoms with Gasteiger partial charge in [-0.2, -0.15) is 0 Å². The van der Waals surface area contributed by atoms with E-state index in [0.717, 1.165) is 25.5 Å². The van der Waals surface area contributed by atoms with E-state index in [1.165, 1.54) is 11.1 Å². The highest BCUT2D eigenvalue weighted by molar-refractivity contribution is 5.26. The molecule has 2 aromatic carbocycles. The molecule has 0 fully saturated rings. The molecule has 0 spiro atoms. The van der Waals surface area contributed by atoms with Crippen LogP contribution in [-0.2, 0) is 13.1 Å². The molecule has 4 rings (SSSR count). The number of nitrogens with zero attached hydrogens (tertiary/aromatic N) is 5. The van der Waals surface area contributed by atoms with Gasteiger partial charge in [0.05, 0.1) is 12.6 Å². The summed E-state index contributed by atoms with van der Waals surface area (Å²) in [7, 11) is 0. The molecule has 5 nitrogen and oxygen atoms in total. The first kappa shape index (κ1) is 13.2. The Bertz CT molecular complexity index is 738. The Hall–Kier alpha value is -2.53. The van der Waals surface area contributed by atoms with Gasteiger partial charge >= 0.3 is 0 Å². The van der Waals surface area contributed by atoms with Gasteiger partial charge in [0.1, 0.15) is 0 Å². The summed E-state index contributed by atoms with van der Waals surface area (Å²) in [5.74, 6) is 0.924. The minimum absolute atomic E-state index is 0.102. The molecule has 2 heterocycles. The van der Waals surface area contributed by atoms with Crippen LogP contribution < -0.4 is 0 Å². The molecule has 0 unspecified atom stereocenters. The Morgan fingerprint density at radius 1 is 0.909 bits per heavy atom. The lowest BCUT2D eigenvalue weighted by Gasteiger charge is -2.34. The number of tetrazole rings is 1. The number of rotatable bonds is 3. The highest BCUT2D eigenvalue weighted by atomic mass is 15.6. The summed E-state index contributed by atoms with van der Waals surface area (Å²) in [5, 5.41) is 12.2. The van der Waals surface area contributed by atoms with Crippen LogP contribution in [0.3, 0.4) is 0 Å². The van der Waals surface area contributed by atoms with Crippen molar-refractivity contribution in [3.05, 3.63) is 77.6 Å². The van der Waals surface area contributed by atoms with E-state index in [2.05, 4.69) is 75.0 Å². The lowest BCUT2D eigenvalue weighted by molar-refractivity contribution is 0.164. The third-order valence-corrected chi connectivity index (χ3v) is 4.11. The first-order chi connectivity index (χ1) is 10.9. The normalized spacial score (nSPS) is 18.1. The van der Waals surface area contributed by atoms with Gasteiger partial charge in [0, 0.05) is 13.1 Å². The van der Waals surface area contributed by atoms with Gasteiger partial charge in [0.25, 0.3) is 0 Å². The van der Waals surface area contributed by atoms with Crippen molar-refractivity contribution in [2.24, 2.45) is 0 Å². The van der Waals surface area contributed by atoms with Crippen molar-refractivity contribution in [3.63, 3.8) is 0 Å². The Kier molecular flexibility index (Phi) is 3.40. The first-order valence-electron chi connectivity index (χ1n) is 7.51. The number of fused-ring (bicyclic) bond motifs is 1. The van der Waals surface area contributed by atoms with Crippen LogP contribution in [0, 0.1) is 0 Å². The van der Waals surface area contributed by atoms with Crippen LogP contribution in [-0.4, -0.2) is 31.7 Å². The molecule has 1 aromatic heterocycles. The summed E-state index contributed by atoms with van der Waals surface area (Å²) in [6.07, 6.45) is 0. The van der Waals surface area contributed by atoms with Crippen LogP contribution in [0.2, 0.25) is 0 Å². The predicted octanol–water partition coefficient (Wildman–Crippen LogP) is 2.28. The molecule has 0 bridgehead atoms. The lowest BCUT2D eigenvalue weighted by Crippen LogP contribution is -2.38. The zero-order valence-electron chi connectivity index (χ0n) is 12.2. The van der Waals surface area contributed by atoms with Crippen LogP contribution in [0.15, 0.2) is 60.7 Å². The average Bonchev–Trinajstić information content (AvgIpc) is 3.05. The molecule has 0 amide bonds. The second kappa shape index (κ2) is 5.69. The summed E-state index contributed by atoms with van der Waals surface area (Å²) in [6, 6.07) is 21.1. The molecular formula is C17H17N5. The summed E-state index contributed by atoms with van der Waals surface area (Å²) < 4.78 is 1.92. The summed E-state index contributed by atoms with van der Waals surface area (Å²) in [6.45, 7) is 2.66. The number of hydrogen-bond acceptors (Lipinski definition) is 4. The van der Waals surface area contributed by atoms with Gasteiger partial charge in [-0.05, 0) is 21.6 Å². The molecular weight excluding hydrogens is 274 g/mol.